The Morgan fingerprint density at radius 2 is 2.09 bits per heavy atom. The van der Waals surface area contributed by atoms with Gasteiger partial charge in [-0.15, -0.1) is 0 Å². The molecular formula is C9H17NO. The third-order valence-electron chi connectivity index (χ3n) is 3.04. The Morgan fingerprint density at radius 3 is 2.36 bits per heavy atom. The summed E-state index contributed by atoms with van der Waals surface area (Å²) in [6, 6.07) is 0.693. The third-order valence-corrected chi connectivity index (χ3v) is 3.04. The van der Waals surface area contributed by atoms with Crippen LogP contribution in [-0.4, -0.2) is 36.2 Å². The molecule has 2 heterocycles. The number of rotatable bonds is 1. The summed E-state index contributed by atoms with van der Waals surface area (Å²) >= 11 is 0. The topological polar surface area (TPSA) is 12.5 Å². The fraction of sp³-hybridized carbons (Fsp3) is 1.00. The average molecular weight is 155 g/mol. The second-order valence-electron chi connectivity index (χ2n) is 4.10. The first-order chi connectivity index (χ1) is 5.22. The van der Waals surface area contributed by atoms with Crippen LogP contribution in [0.4, 0.5) is 0 Å². The molecule has 0 aromatic carbocycles. The summed E-state index contributed by atoms with van der Waals surface area (Å²) in [6.07, 6.45) is 2.54. The van der Waals surface area contributed by atoms with Gasteiger partial charge in [-0.25, -0.2) is 0 Å². The summed E-state index contributed by atoms with van der Waals surface area (Å²) in [6.45, 7) is 7.92. The van der Waals surface area contributed by atoms with Gasteiger partial charge in [0.2, 0.25) is 0 Å². The highest BCUT2D eigenvalue weighted by molar-refractivity contribution is 4.97. The number of hydrogen-bond acceptors (Lipinski definition) is 2. The van der Waals surface area contributed by atoms with E-state index in [-0.39, 0.29) is 0 Å². The second-order valence-corrected chi connectivity index (χ2v) is 4.10. The van der Waals surface area contributed by atoms with Gasteiger partial charge in [0.05, 0.1) is 12.2 Å². The molecule has 0 aromatic heterocycles. The van der Waals surface area contributed by atoms with E-state index < -0.39 is 0 Å². The number of likely N-dealkylation sites (tertiary alicyclic amines) is 1. The van der Waals surface area contributed by atoms with Crippen molar-refractivity contribution < 1.29 is 4.74 Å². The number of nitrogens with zero attached hydrogens (tertiary/aromatic N) is 1. The first-order valence-electron chi connectivity index (χ1n) is 4.60. The Bertz CT molecular complexity index is 152. The molecule has 0 N–H and O–H groups in total. The quantitative estimate of drug-likeness (QED) is 0.565. The fourth-order valence-electron chi connectivity index (χ4n) is 2.03. The molecular weight excluding hydrogens is 138 g/mol. The van der Waals surface area contributed by atoms with E-state index >= 15 is 0 Å². The second kappa shape index (κ2) is 2.46. The van der Waals surface area contributed by atoms with E-state index in [4.69, 9.17) is 4.74 Å². The predicted octanol–water partition coefficient (Wildman–Crippen LogP) is 1.26. The van der Waals surface area contributed by atoms with Crippen molar-refractivity contribution in [2.45, 2.75) is 38.3 Å². The monoisotopic (exact) mass is 155 g/mol. The van der Waals surface area contributed by atoms with E-state index in [0.29, 0.717) is 11.6 Å². The molecule has 2 aliphatic rings. The highest BCUT2D eigenvalue weighted by Crippen LogP contribution is 2.36. The molecule has 2 rings (SSSR count). The largest absolute Gasteiger partial charge is 0.373 e. The van der Waals surface area contributed by atoms with Gasteiger partial charge in [-0.2, -0.15) is 0 Å². The van der Waals surface area contributed by atoms with E-state index in [9.17, 15) is 0 Å². The van der Waals surface area contributed by atoms with Crippen molar-refractivity contribution >= 4 is 0 Å². The Hall–Kier alpha value is -0.0800. The zero-order valence-electron chi connectivity index (χ0n) is 7.47. The van der Waals surface area contributed by atoms with E-state index in [2.05, 4.69) is 18.7 Å². The smallest absolute Gasteiger partial charge is 0.0842 e. The molecule has 2 nitrogen and oxygen atoms in total. The Balaban J connectivity index is 1.93. The van der Waals surface area contributed by atoms with Gasteiger partial charge in [-0.05, 0) is 20.3 Å². The van der Waals surface area contributed by atoms with Crippen molar-refractivity contribution in [3.05, 3.63) is 0 Å². The highest BCUT2D eigenvalue weighted by Gasteiger charge is 2.44. The molecule has 11 heavy (non-hydrogen) atoms. The summed E-state index contributed by atoms with van der Waals surface area (Å²) in [5.41, 5.74) is 0.296. The van der Waals surface area contributed by atoms with E-state index in [1.54, 1.807) is 0 Å². The first kappa shape index (κ1) is 7.56. The highest BCUT2D eigenvalue weighted by atomic mass is 16.5. The SMILES string of the molecule is CC(C)N1CCC2(CCO2)C1. The lowest BCUT2D eigenvalue weighted by molar-refractivity contribution is -0.138. The van der Waals surface area contributed by atoms with Crippen molar-refractivity contribution in [2.75, 3.05) is 19.7 Å². The first-order valence-corrected chi connectivity index (χ1v) is 4.60. The van der Waals surface area contributed by atoms with Gasteiger partial charge in [0.1, 0.15) is 0 Å². The standard InChI is InChI=1S/C9H17NO/c1-8(2)10-5-3-9(7-10)4-6-11-9/h8H,3-7H2,1-2H3. The van der Waals surface area contributed by atoms with Gasteiger partial charge in [-0.1, -0.05) is 0 Å². The maximum absolute atomic E-state index is 5.62. The minimum absolute atomic E-state index is 0.296. The van der Waals surface area contributed by atoms with Gasteiger partial charge in [0.15, 0.2) is 0 Å². The van der Waals surface area contributed by atoms with Crippen molar-refractivity contribution in [3.63, 3.8) is 0 Å². The lowest BCUT2D eigenvalue weighted by atomic mass is 9.94. The van der Waals surface area contributed by atoms with Crippen molar-refractivity contribution in [3.8, 4) is 0 Å². The van der Waals surface area contributed by atoms with Gasteiger partial charge in [-0.3, -0.25) is 4.90 Å². The zero-order chi connectivity index (χ0) is 7.90. The van der Waals surface area contributed by atoms with Gasteiger partial charge in [0, 0.05) is 25.6 Å². The molecule has 2 aliphatic heterocycles. The summed E-state index contributed by atoms with van der Waals surface area (Å²) in [4.78, 5) is 2.51. The maximum Gasteiger partial charge on any atom is 0.0842 e. The molecule has 64 valence electrons. The molecule has 2 fully saturated rings. The van der Waals surface area contributed by atoms with E-state index in [1.807, 2.05) is 0 Å². The van der Waals surface area contributed by atoms with Gasteiger partial charge >= 0.3 is 0 Å². The van der Waals surface area contributed by atoms with Crippen LogP contribution in [0, 0.1) is 0 Å². The summed E-state index contributed by atoms with van der Waals surface area (Å²) in [7, 11) is 0. The van der Waals surface area contributed by atoms with Crippen LogP contribution in [-0.2, 0) is 4.74 Å². The summed E-state index contributed by atoms with van der Waals surface area (Å²) in [5, 5.41) is 0. The predicted molar refractivity (Wildman–Crippen MR) is 44.6 cm³/mol. The number of ether oxygens (including phenoxy) is 1. The maximum atomic E-state index is 5.62. The van der Waals surface area contributed by atoms with Crippen LogP contribution in [0.1, 0.15) is 26.7 Å². The van der Waals surface area contributed by atoms with Crippen molar-refractivity contribution in [1.29, 1.82) is 0 Å². The van der Waals surface area contributed by atoms with E-state index in [1.165, 1.54) is 25.9 Å². The summed E-state index contributed by atoms with van der Waals surface area (Å²) in [5.74, 6) is 0. The van der Waals surface area contributed by atoms with Crippen LogP contribution in [0.25, 0.3) is 0 Å². The van der Waals surface area contributed by atoms with Crippen LogP contribution < -0.4 is 0 Å². The normalized spacial score (nSPS) is 38.5. The molecule has 1 spiro atoms. The molecule has 2 saturated heterocycles. The molecule has 0 aliphatic carbocycles. The minimum atomic E-state index is 0.296. The van der Waals surface area contributed by atoms with E-state index in [0.717, 1.165) is 6.61 Å². The molecule has 0 bridgehead atoms. The molecule has 2 heteroatoms. The van der Waals surface area contributed by atoms with Crippen LogP contribution in [0.5, 0.6) is 0 Å². The lowest BCUT2D eigenvalue weighted by Crippen LogP contribution is -2.46. The molecule has 0 radical (unpaired) electrons. The minimum Gasteiger partial charge on any atom is -0.373 e. The molecule has 0 amide bonds. The lowest BCUT2D eigenvalue weighted by Gasteiger charge is -2.38. The van der Waals surface area contributed by atoms with Gasteiger partial charge in [0.25, 0.3) is 0 Å². The fourth-order valence-corrected chi connectivity index (χ4v) is 2.03. The zero-order valence-corrected chi connectivity index (χ0v) is 7.47. The van der Waals surface area contributed by atoms with Crippen LogP contribution >= 0.6 is 0 Å². The third kappa shape index (κ3) is 1.18. The Kier molecular flexibility index (Phi) is 1.69. The number of hydrogen-bond donors (Lipinski definition) is 0. The Morgan fingerprint density at radius 1 is 1.36 bits per heavy atom. The Labute approximate surface area is 68.5 Å². The van der Waals surface area contributed by atoms with Gasteiger partial charge < -0.3 is 4.74 Å². The average Bonchev–Trinajstić information content (AvgIpc) is 2.28. The van der Waals surface area contributed by atoms with Crippen LogP contribution in [0.2, 0.25) is 0 Å². The summed E-state index contributed by atoms with van der Waals surface area (Å²) < 4.78 is 5.62. The molecule has 1 unspecified atom stereocenters. The van der Waals surface area contributed by atoms with Crippen molar-refractivity contribution in [2.24, 2.45) is 0 Å². The molecule has 0 saturated carbocycles. The van der Waals surface area contributed by atoms with Crippen LogP contribution in [0.3, 0.4) is 0 Å². The molecule has 1 atom stereocenters. The van der Waals surface area contributed by atoms with Crippen LogP contribution in [0.15, 0.2) is 0 Å². The van der Waals surface area contributed by atoms with Crippen molar-refractivity contribution in [1.82, 2.24) is 4.90 Å². The molecule has 0 aromatic rings.